The van der Waals surface area contributed by atoms with E-state index < -0.39 is 0 Å². The second-order valence-corrected chi connectivity index (χ2v) is 5.07. The number of piperidine rings is 1. The molecular weight excluding hydrogens is 231 g/mol. The van der Waals surface area contributed by atoms with Crippen LogP contribution in [0.15, 0.2) is 24.3 Å². The van der Waals surface area contributed by atoms with E-state index in [4.69, 9.17) is 5.73 Å². The molecule has 98 valence electrons. The molecule has 2 unspecified atom stereocenters. The zero-order valence-electron chi connectivity index (χ0n) is 10.6. The van der Waals surface area contributed by atoms with E-state index in [1.54, 1.807) is 12.1 Å². The highest BCUT2D eigenvalue weighted by Crippen LogP contribution is 2.16. The van der Waals surface area contributed by atoms with Crippen molar-refractivity contribution >= 4 is 5.91 Å². The lowest BCUT2D eigenvalue weighted by molar-refractivity contribution is -0.132. The van der Waals surface area contributed by atoms with Crippen LogP contribution in [0, 0.1) is 11.7 Å². The highest BCUT2D eigenvalue weighted by molar-refractivity contribution is 5.78. The first-order valence-electron chi connectivity index (χ1n) is 6.34. The summed E-state index contributed by atoms with van der Waals surface area (Å²) in [5.41, 5.74) is 6.78. The van der Waals surface area contributed by atoms with E-state index in [2.05, 4.69) is 6.92 Å². The number of amides is 1. The van der Waals surface area contributed by atoms with Crippen LogP contribution in [0.1, 0.15) is 18.9 Å². The summed E-state index contributed by atoms with van der Waals surface area (Å²) in [7, 11) is 0. The Bertz CT molecular complexity index is 418. The van der Waals surface area contributed by atoms with Crippen LogP contribution in [0.3, 0.4) is 0 Å². The van der Waals surface area contributed by atoms with Gasteiger partial charge in [0.2, 0.25) is 5.91 Å². The number of halogens is 1. The van der Waals surface area contributed by atoms with Gasteiger partial charge >= 0.3 is 0 Å². The van der Waals surface area contributed by atoms with Gasteiger partial charge in [-0.3, -0.25) is 4.79 Å². The summed E-state index contributed by atoms with van der Waals surface area (Å²) in [4.78, 5) is 14.0. The predicted molar refractivity (Wildman–Crippen MR) is 68.4 cm³/mol. The minimum absolute atomic E-state index is 0.0976. The molecular formula is C14H19FN2O. The van der Waals surface area contributed by atoms with Crippen molar-refractivity contribution in [3.05, 3.63) is 35.6 Å². The third-order valence-electron chi connectivity index (χ3n) is 3.59. The number of hydrogen-bond acceptors (Lipinski definition) is 2. The predicted octanol–water partition coefficient (Wildman–Crippen LogP) is 1.56. The monoisotopic (exact) mass is 250 g/mol. The van der Waals surface area contributed by atoms with Gasteiger partial charge in [-0.1, -0.05) is 19.1 Å². The molecule has 2 rings (SSSR count). The lowest BCUT2D eigenvalue weighted by Gasteiger charge is -2.35. The molecule has 0 saturated carbocycles. The zero-order chi connectivity index (χ0) is 13.1. The number of nitrogens with zero attached hydrogens (tertiary/aromatic N) is 1. The molecule has 3 nitrogen and oxygen atoms in total. The van der Waals surface area contributed by atoms with Crippen LogP contribution in [0.4, 0.5) is 4.39 Å². The maximum atomic E-state index is 12.8. The average Bonchev–Trinajstić information content (AvgIpc) is 2.35. The van der Waals surface area contributed by atoms with E-state index in [-0.39, 0.29) is 17.8 Å². The Balaban J connectivity index is 1.94. The van der Waals surface area contributed by atoms with Gasteiger partial charge in [0.1, 0.15) is 5.82 Å². The van der Waals surface area contributed by atoms with Gasteiger partial charge in [-0.2, -0.15) is 0 Å². The number of nitrogens with two attached hydrogens (primary N) is 1. The number of carbonyl (C=O) groups is 1. The van der Waals surface area contributed by atoms with Gasteiger partial charge in [-0.05, 0) is 30.0 Å². The van der Waals surface area contributed by atoms with E-state index >= 15 is 0 Å². The van der Waals surface area contributed by atoms with Gasteiger partial charge in [0.25, 0.3) is 0 Å². The molecule has 0 aliphatic carbocycles. The molecule has 1 aliphatic rings. The van der Waals surface area contributed by atoms with Crippen LogP contribution >= 0.6 is 0 Å². The van der Waals surface area contributed by atoms with Crippen molar-refractivity contribution in [2.75, 3.05) is 13.1 Å². The number of rotatable bonds is 2. The topological polar surface area (TPSA) is 46.3 Å². The third-order valence-corrected chi connectivity index (χ3v) is 3.59. The Kier molecular flexibility index (Phi) is 3.97. The Morgan fingerprint density at radius 1 is 1.44 bits per heavy atom. The summed E-state index contributed by atoms with van der Waals surface area (Å²) in [5.74, 6) is 0.167. The van der Waals surface area contributed by atoms with Crippen molar-refractivity contribution in [1.29, 1.82) is 0 Å². The lowest BCUT2D eigenvalue weighted by Crippen LogP contribution is -2.48. The summed E-state index contributed by atoms with van der Waals surface area (Å²) in [6.07, 6.45) is 1.19. The first-order valence-corrected chi connectivity index (χ1v) is 6.34. The average molecular weight is 250 g/mol. The Hall–Kier alpha value is -1.42. The summed E-state index contributed by atoms with van der Waals surface area (Å²) in [6.45, 7) is 3.52. The number of hydrogen-bond donors (Lipinski definition) is 1. The third kappa shape index (κ3) is 3.07. The standard InChI is InChI=1S/C14H19FN2O/c1-10-9-17(7-6-13(10)16)14(18)8-11-2-4-12(15)5-3-11/h2-5,10,13H,6-9,16H2,1H3. The Morgan fingerprint density at radius 2 is 2.11 bits per heavy atom. The van der Waals surface area contributed by atoms with Gasteiger partial charge in [-0.25, -0.2) is 4.39 Å². The van der Waals surface area contributed by atoms with Crippen molar-refractivity contribution in [2.24, 2.45) is 11.7 Å². The number of likely N-dealkylation sites (tertiary alicyclic amines) is 1. The maximum absolute atomic E-state index is 12.8. The van der Waals surface area contributed by atoms with Gasteiger partial charge in [-0.15, -0.1) is 0 Å². The molecule has 0 radical (unpaired) electrons. The van der Waals surface area contributed by atoms with Crippen LogP contribution in [-0.2, 0) is 11.2 Å². The maximum Gasteiger partial charge on any atom is 0.227 e. The molecule has 18 heavy (non-hydrogen) atoms. The van der Waals surface area contributed by atoms with Crippen molar-refractivity contribution in [3.8, 4) is 0 Å². The van der Waals surface area contributed by atoms with Crippen molar-refractivity contribution < 1.29 is 9.18 Å². The minimum Gasteiger partial charge on any atom is -0.342 e. The highest BCUT2D eigenvalue weighted by Gasteiger charge is 2.25. The molecule has 2 N–H and O–H groups in total. The molecule has 1 saturated heterocycles. The summed E-state index contributed by atoms with van der Waals surface area (Å²) in [6, 6.07) is 6.29. The van der Waals surface area contributed by atoms with Crippen LogP contribution in [0.25, 0.3) is 0 Å². The molecule has 1 aromatic carbocycles. The van der Waals surface area contributed by atoms with Crippen molar-refractivity contribution in [3.63, 3.8) is 0 Å². The Morgan fingerprint density at radius 3 is 2.72 bits per heavy atom. The van der Waals surface area contributed by atoms with E-state index in [9.17, 15) is 9.18 Å². The van der Waals surface area contributed by atoms with Crippen LogP contribution in [-0.4, -0.2) is 29.9 Å². The molecule has 2 atom stereocenters. The lowest BCUT2D eigenvalue weighted by atomic mass is 9.94. The molecule has 0 spiro atoms. The van der Waals surface area contributed by atoms with Crippen LogP contribution in [0.2, 0.25) is 0 Å². The minimum atomic E-state index is -0.274. The fourth-order valence-electron chi connectivity index (χ4n) is 2.28. The van der Waals surface area contributed by atoms with E-state index in [0.29, 0.717) is 12.3 Å². The van der Waals surface area contributed by atoms with Crippen molar-refractivity contribution in [2.45, 2.75) is 25.8 Å². The van der Waals surface area contributed by atoms with Gasteiger partial charge < -0.3 is 10.6 Å². The number of benzene rings is 1. The van der Waals surface area contributed by atoms with Gasteiger partial charge in [0, 0.05) is 19.1 Å². The molecule has 1 amide bonds. The van der Waals surface area contributed by atoms with E-state index in [0.717, 1.165) is 25.1 Å². The smallest absolute Gasteiger partial charge is 0.227 e. The van der Waals surface area contributed by atoms with Crippen molar-refractivity contribution in [1.82, 2.24) is 4.90 Å². The van der Waals surface area contributed by atoms with Crippen LogP contribution < -0.4 is 5.73 Å². The fourth-order valence-corrected chi connectivity index (χ4v) is 2.28. The number of carbonyl (C=O) groups excluding carboxylic acids is 1. The highest BCUT2D eigenvalue weighted by atomic mass is 19.1. The summed E-state index contributed by atoms with van der Waals surface area (Å²) in [5, 5.41) is 0. The Labute approximate surface area is 107 Å². The van der Waals surface area contributed by atoms with E-state index in [1.807, 2.05) is 4.90 Å². The van der Waals surface area contributed by atoms with Crippen LogP contribution in [0.5, 0.6) is 0 Å². The van der Waals surface area contributed by atoms with E-state index in [1.165, 1.54) is 12.1 Å². The molecule has 1 aromatic rings. The molecule has 0 aromatic heterocycles. The zero-order valence-corrected chi connectivity index (χ0v) is 10.6. The summed E-state index contributed by atoms with van der Waals surface area (Å²) < 4.78 is 12.8. The molecule has 1 heterocycles. The normalized spacial score (nSPS) is 24.1. The molecule has 4 heteroatoms. The van der Waals surface area contributed by atoms with Gasteiger partial charge in [0.05, 0.1) is 6.42 Å². The fraction of sp³-hybridized carbons (Fsp3) is 0.500. The molecule has 1 aliphatic heterocycles. The quantitative estimate of drug-likeness (QED) is 0.866. The summed E-state index contributed by atoms with van der Waals surface area (Å²) >= 11 is 0. The second-order valence-electron chi connectivity index (χ2n) is 5.07. The van der Waals surface area contributed by atoms with Gasteiger partial charge in [0.15, 0.2) is 0 Å². The first-order chi connectivity index (χ1) is 8.56. The molecule has 0 bridgehead atoms. The molecule has 1 fully saturated rings. The second kappa shape index (κ2) is 5.48. The SMILES string of the molecule is CC1CN(C(=O)Cc2ccc(F)cc2)CCC1N. The largest absolute Gasteiger partial charge is 0.342 e. The first kappa shape index (κ1) is 13.0.